The van der Waals surface area contributed by atoms with Crippen LogP contribution in [0.4, 0.5) is 19.3 Å². The number of carbonyl (C=O) groups excluding carboxylic acids is 1. The number of rotatable bonds is 4. The number of hydrogen-bond acceptors (Lipinski definition) is 3. The van der Waals surface area contributed by atoms with Crippen molar-refractivity contribution in [1.82, 2.24) is 4.90 Å². The topological polar surface area (TPSA) is 41.6 Å². The van der Waals surface area contributed by atoms with Gasteiger partial charge in [0.05, 0.1) is 0 Å². The highest BCUT2D eigenvalue weighted by atomic mass is 32.2. The number of alkyl halides is 2. The standard InChI is InChI=1S/C17H16F2N2O2S/c18-16(19)23-14-8-4-7-13(11-14)20-17(22)21-9-10-24-15(21)12-5-2-1-3-6-12/h1-8,11,15-16H,9-10H2,(H,20,22). The van der Waals surface area contributed by atoms with E-state index in [1.165, 1.54) is 12.1 Å². The molecule has 2 aromatic rings. The van der Waals surface area contributed by atoms with Crippen molar-refractivity contribution in [3.8, 4) is 5.75 Å². The molecule has 0 spiro atoms. The van der Waals surface area contributed by atoms with E-state index in [2.05, 4.69) is 10.1 Å². The fourth-order valence-electron chi connectivity index (χ4n) is 2.52. The first kappa shape index (κ1) is 16.6. The fourth-order valence-corrected chi connectivity index (χ4v) is 3.77. The summed E-state index contributed by atoms with van der Waals surface area (Å²) in [4.78, 5) is 14.3. The lowest BCUT2D eigenvalue weighted by Gasteiger charge is -2.24. The Morgan fingerprint density at radius 2 is 2.00 bits per heavy atom. The summed E-state index contributed by atoms with van der Waals surface area (Å²) in [7, 11) is 0. The summed E-state index contributed by atoms with van der Waals surface area (Å²) in [5.74, 6) is 0.861. The molecule has 0 saturated carbocycles. The van der Waals surface area contributed by atoms with E-state index in [4.69, 9.17) is 0 Å². The first-order chi connectivity index (χ1) is 11.6. The number of nitrogens with one attached hydrogen (secondary N) is 1. The average Bonchev–Trinajstić information content (AvgIpc) is 3.05. The third-order valence-electron chi connectivity index (χ3n) is 3.55. The number of benzene rings is 2. The second-order valence-electron chi connectivity index (χ2n) is 5.16. The van der Waals surface area contributed by atoms with Crippen LogP contribution in [0.1, 0.15) is 10.9 Å². The molecule has 0 bridgehead atoms. The Kier molecular flexibility index (Phi) is 5.20. The molecule has 7 heteroatoms. The summed E-state index contributed by atoms with van der Waals surface area (Å²) in [5.41, 5.74) is 1.48. The SMILES string of the molecule is O=C(Nc1cccc(OC(F)F)c1)N1CCSC1c1ccccc1. The molecule has 4 nitrogen and oxygen atoms in total. The van der Waals surface area contributed by atoms with E-state index >= 15 is 0 Å². The Bertz CT molecular complexity index is 700. The molecule has 1 unspecified atom stereocenters. The maximum atomic E-state index is 12.5. The third kappa shape index (κ3) is 3.97. The maximum Gasteiger partial charge on any atom is 0.387 e. The van der Waals surface area contributed by atoms with Crippen LogP contribution in [0.15, 0.2) is 54.6 Å². The van der Waals surface area contributed by atoms with E-state index in [0.717, 1.165) is 11.3 Å². The highest BCUT2D eigenvalue weighted by Gasteiger charge is 2.30. The highest BCUT2D eigenvalue weighted by Crippen LogP contribution is 2.38. The van der Waals surface area contributed by atoms with Gasteiger partial charge in [-0.3, -0.25) is 0 Å². The van der Waals surface area contributed by atoms with Crippen LogP contribution in [-0.2, 0) is 0 Å². The quantitative estimate of drug-likeness (QED) is 0.878. The van der Waals surface area contributed by atoms with E-state index in [0.29, 0.717) is 12.2 Å². The molecule has 1 atom stereocenters. The molecule has 24 heavy (non-hydrogen) atoms. The minimum Gasteiger partial charge on any atom is -0.435 e. The molecule has 3 rings (SSSR count). The van der Waals surface area contributed by atoms with E-state index in [1.807, 2.05) is 30.3 Å². The Morgan fingerprint density at radius 3 is 2.75 bits per heavy atom. The monoisotopic (exact) mass is 350 g/mol. The van der Waals surface area contributed by atoms with Crippen molar-refractivity contribution in [2.24, 2.45) is 0 Å². The molecule has 2 aromatic carbocycles. The minimum absolute atomic E-state index is 0.0122. The molecule has 1 saturated heterocycles. The summed E-state index contributed by atoms with van der Waals surface area (Å²) >= 11 is 1.70. The molecular formula is C17H16F2N2O2S. The van der Waals surface area contributed by atoms with Gasteiger partial charge in [0.15, 0.2) is 0 Å². The number of carbonyl (C=O) groups is 1. The number of urea groups is 1. The summed E-state index contributed by atoms with van der Waals surface area (Å²) in [6, 6.07) is 15.5. The van der Waals surface area contributed by atoms with Crippen molar-refractivity contribution in [3.05, 3.63) is 60.2 Å². The molecule has 1 aliphatic rings. The van der Waals surface area contributed by atoms with Crippen LogP contribution in [0, 0.1) is 0 Å². The van der Waals surface area contributed by atoms with Crippen LogP contribution in [0.5, 0.6) is 5.75 Å². The number of hydrogen-bond donors (Lipinski definition) is 1. The number of halogens is 2. The van der Waals surface area contributed by atoms with E-state index < -0.39 is 6.61 Å². The summed E-state index contributed by atoms with van der Waals surface area (Å²) in [6.07, 6.45) is 0. The van der Waals surface area contributed by atoms with Gasteiger partial charge in [0.1, 0.15) is 11.1 Å². The van der Waals surface area contributed by atoms with Crippen LogP contribution in [0.2, 0.25) is 0 Å². The van der Waals surface area contributed by atoms with Gasteiger partial charge >= 0.3 is 12.6 Å². The van der Waals surface area contributed by atoms with Crippen molar-refractivity contribution in [3.63, 3.8) is 0 Å². The van der Waals surface area contributed by atoms with Crippen LogP contribution in [0.3, 0.4) is 0 Å². The van der Waals surface area contributed by atoms with Gasteiger partial charge < -0.3 is 15.0 Å². The lowest BCUT2D eigenvalue weighted by molar-refractivity contribution is -0.0497. The highest BCUT2D eigenvalue weighted by molar-refractivity contribution is 7.99. The molecule has 0 aliphatic carbocycles. The van der Waals surface area contributed by atoms with Crippen molar-refractivity contribution < 1.29 is 18.3 Å². The smallest absolute Gasteiger partial charge is 0.387 e. The van der Waals surface area contributed by atoms with Gasteiger partial charge in [-0.2, -0.15) is 8.78 Å². The van der Waals surface area contributed by atoms with Gasteiger partial charge in [0.2, 0.25) is 0 Å². The van der Waals surface area contributed by atoms with Crippen LogP contribution < -0.4 is 10.1 Å². The maximum absolute atomic E-state index is 12.5. The second kappa shape index (κ2) is 7.53. The normalized spacial score (nSPS) is 17.1. The third-order valence-corrected chi connectivity index (χ3v) is 4.81. The van der Waals surface area contributed by atoms with E-state index in [-0.39, 0.29) is 17.2 Å². The predicted molar refractivity (Wildman–Crippen MR) is 90.4 cm³/mol. The van der Waals surface area contributed by atoms with Crippen LogP contribution >= 0.6 is 11.8 Å². The van der Waals surface area contributed by atoms with Crippen molar-refractivity contribution in [2.45, 2.75) is 12.0 Å². The number of ether oxygens (including phenoxy) is 1. The van der Waals surface area contributed by atoms with Gasteiger partial charge in [-0.25, -0.2) is 4.79 Å². The van der Waals surface area contributed by atoms with E-state index in [9.17, 15) is 13.6 Å². The molecule has 1 aliphatic heterocycles. The second-order valence-corrected chi connectivity index (χ2v) is 6.35. The summed E-state index contributed by atoms with van der Waals surface area (Å²) < 4.78 is 28.9. The summed E-state index contributed by atoms with van der Waals surface area (Å²) in [5, 5.41) is 2.70. The lowest BCUT2D eigenvalue weighted by Crippen LogP contribution is -2.34. The Morgan fingerprint density at radius 1 is 1.21 bits per heavy atom. The molecule has 0 aromatic heterocycles. The Labute approximate surface area is 142 Å². The fraction of sp³-hybridized carbons (Fsp3) is 0.235. The molecule has 0 radical (unpaired) electrons. The minimum atomic E-state index is -2.90. The first-order valence-corrected chi connectivity index (χ1v) is 8.47. The largest absolute Gasteiger partial charge is 0.435 e. The molecule has 1 fully saturated rings. The van der Waals surface area contributed by atoms with Gasteiger partial charge in [0.25, 0.3) is 0 Å². The average molecular weight is 350 g/mol. The number of thioether (sulfide) groups is 1. The predicted octanol–water partition coefficient (Wildman–Crippen LogP) is 4.57. The Hall–Kier alpha value is -2.28. The zero-order valence-electron chi connectivity index (χ0n) is 12.7. The number of amides is 2. The number of anilines is 1. The van der Waals surface area contributed by atoms with Gasteiger partial charge in [-0.15, -0.1) is 11.8 Å². The van der Waals surface area contributed by atoms with Crippen molar-refractivity contribution >= 4 is 23.5 Å². The van der Waals surface area contributed by atoms with Gasteiger partial charge in [0, 0.05) is 24.1 Å². The molecule has 2 amide bonds. The van der Waals surface area contributed by atoms with Crippen molar-refractivity contribution in [2.75, 3.05) is 17.6 Å². The number of nitrogens with zero attached hydrogens (tertiary/aromatic N) is 1. The molecular weight excluding hydrogens is 334 g/mol. The lowest BCUT2D eigenvalue weighted by atomic mass is 10.2. The van der Waals surface area contributed by atoms with Crippen LogP contribution in [-0.4, -0.2) is 29.8 Å². The van der Waals surface area contributed by atoms with E-state index in [1.54, 1.807) is 28.8 Å². The zero-order chi connectivity index (χ0) is 16.9. The molecule has 126 valence electrons. The molecule has 1 N–H and O–H groups in total. The van der Waals surface area contributed by atoms with Gasteiger partial charge in [-0.1, -0.05) is 36.4 Å². The first-order valence-electron chi connectivity index (χ1n) is 7.42. The van der Waals surface area contributed by atoms with Crippen LogP contribution in [0.25, 0.3) is 0 Å². The van der Waals surface area contributed by atoms with Crippen molar-refractivity contribution in [1.29, 1.82) is 0 Å². The van der Waals surface area contributed by atoms with Gasteiger partial charge in [-0.05, 0) is 17.7 Å². The Balaban J connectivity index is 1.70. The zero-order valence-corrected chi connectivity index (χ0v) is 13.5. The summed E-state index contributed by atoms with van der Waals surface area (Å²) in [6.45, 7) is -2.27. The molecule has 1 heterocycles.